The molecule has 1 N–H and O–H groups in total. The summed E-state index contributed by atoms with van der Waals surface area (Å²) in [6, 6.07) is 15.9. The van der Waals surface area contributed by atoms with E-state index in [-0.39, 0.29) is 18.5 Å². The van der Waals surface area contributed by atoms with Crippen LogP contribution in [0.4, 0.5) is 0 Å². The lowest BCUT2D eigenvalue weighted by Gasteiger charge is -2.08. The summed E-state index contributed by atoms with van der Waals surface area (Å²) in [6.07, 6.45) is 2.76. The minimum Gasteiger partial charge on any atom is -0.456 e. The smallest absolute Gasteiger partial charge is 0.306 e. The Bertz CT molecular complexity index is 919. The summed E-state index contributed by atoms with van der Waals surface area (Å²) >= 11 is 1.69. The minimum atomic E-state index is -0.338. The van der Waals surface area contributed by atoms with Crippen LogP contribution in [0.2, 0.25) is 0 Å². The van der Waals surface area contributed by atoms with Gasteiger partial charge in [0.05, 0.1) is 15.2 Å². The number of hydrogen-bond donors (Lipinski definition) is 1. The molecule has 6 heteroatoms. The van der Waals surface area contributed by atoms with Crippen LogP contribution in [0.25, 0.3) is 10.2 Å². The van der Waals surface area contributed by atoms with E-state index < -0.39 is 0 Å². The molecule has 0 aliphatic rings. The lowest BCUT2D eigenvalue weighted by atomic mass is 10.1. The average Bonchev–Trinajstić information content (AvgIpc) is 3.12. The third kappa shape index (κ3) is 5.89. The summed E-state index contributed by atoms with van der Waals surface area (Å²) in [5, 5.41) is 3.86. The van der Waals surface area contributed by atoms with Crippen molar-refractivity contribution in [2.24, 2.45) is 0 Å². The summed E-state index contributed by atoms with van der Waals surface area (Å²) in [5.74, 6) is -0.624. The second-order valence-electron chi connectivity index (χ2n) is 6.65. The molecule has 0 aliphatic carbocycles. The highest BCUT2D eigenvalue weighted by Crippen LogP contribution is 2.22. The zero-order valence-corrected chi connectivity index (χ0v) is 16.8. The van der Waals surface area contributed by atoms with Gasteiger partial charge in [-0.2, -0.15) is 0 Å². The maximum atomic E-state index is 11.8. The molecular weight excluding hydrogens is 372 g/mol. The average molecular weight is 397 g/mol. The molecule has 1 amide bonds. The van der Waals surface area contributed by atoms with Crippen LogP contribution in [0.5, 0.6) is 0 Å². The maximum Gasteiger partial charge on any atom is 0.306 e. The molecule has 28 heavy (non-hydrogen) atoms. The summed E-state index contributed by atoms with van der Waals surface area (Å²) in [6.45, 7) is 2.20. The quantitative estimate of drug-likeness (QED) is 0.435. The van der Waals surface area contributed by atoms with Gasteiger partial charge < -0.3 is 10.1 Å². The topological polar surface area (TPSA) is 68.3 Å². The summed E-state index contributed by atoms with van der Waals surface area (Å²) in [7, 11) is 0. The largest absolute Gasteiger partial charge is 0.456 e. The number of aromatic nitrogens is 1. The SMILES string of the molecule is Cc1ccccc1CNC(=O)COC(=O)CCCCc1nc2ccccc2s1. The first-order valence-corrected chi connectivity index (χ1v) is 10.2. The molecule has 3 rings (SSSR count). The van der Waals surface area contributed by atoms with Crippen molar-refractivity contribution in [1.82, 2.24) is 10.3 Å². The van der Waals surface area contributed by atoms with Gasteiger partial charge in [-0.25, -0.2) is 4.98 Å². The number of para-hydroxylation sites is 1. The van der Waals surface area contributed by atoms with Crippen molar-refractivity contribution in [2.45, 2.75) is 39.2 Å². The van der Waals surface area contributed by atoms with Crippen LogP contribution >= 0.6 is 11.3 Å². The Morgan fingerprint density at radius 2 is 1.86 bits per heavy atom. The minimum absolute atomic E-state index is 0.234. The molecule has 0 saturated carbocycles. The van der Waals surface area contributed by atoms with E-state index >= 15 is 0 Å². The molecule has 146 valence electrons. The fourth-order valence-electron chi connectivity index (χ4n) is 2.84. The van der Waals surface area contributed by atoms with E-state index in [4.69, 9.17) is 4.74 Å². The van der Waals surface area contributed by atoms with E-state index in [1.54, 1.807) is 11.3 Å². The van der Waals surface area contributed by atoms with Crippen LogP contribution in [0.15, 0.2) is 48.5 Å². The zero-order valence-electron chi connectivity index (χ0n) is 15.9. The molecule has 0 radical (unpaired) electrons. The van der Waals surface area contributed by atoms with Gasteiger partial charge in [-0.1, -0.05) is 36.4 Å². The highest BCUT2D eigenvalue weighted by molar-refractivity contribution is 7.18. The first-order valence-electron chi connectivity index (χ1n) is 9.43. The van der Waals surface area contributed by atoms with Crippen molar-refractivity contribution >= 4 is 33.4 Å². The number of thiazole rings is 1. The molecule has 0 saturated heterocycles. The normalized spacial score (nSPS) is 10.8. The number of benzene rings is 2. The number of carbonyl (C=O) groups excluding carboxylic acids is 2. The molecule has 3 aromatic rings. The lowest BCUT2D eigenvalue weighted by molar-refractivity contribution is -0.148. The molecular formula is C22H24N2O3S. The van der Waals surface area contributed by atoms with E-state index in [1.807, 2.05) is 49.4 Å². The molecule has 0 atom stereocenters. The van der Waals surface area contributed by atoms with Gasteiger partial charge in [-0.15, -0.1) is 11.3 Å². The number of carbonyl (C=O) groups is 2. The monoisotopic (exact) mass is 396 g/mol. The Labute approximate surface area is 168 Å². The van der Waals surface area contributed by atoms with Crippen molar-refractivity contribution in [3.8, 4) is 0 Å². The van der Waals surface area contributed by atoms with Gasteiger partial charge in [0.15, 0.2) is 6.61 Å². The third-order valence-electron chi connectivity index (χ3n) is 4.46. The van der Waals surface area contributed by atoms with Gasteiger partial charge in [0.25, 0.3) is 5.91 Å². The number of nitrogens with one attached hydrogen (secondary N) is 1. The van der Waals surface area contributed by atoms with E-state index in [9.17, 15) is 9.59 Å². The summed E-state index contributed by atoms with van der Waals surface area (Å²) in [4.78, 5) is 28.2. The molecule has 0 bridgehead atoms. The van der Waals surface area contributed by atoms with Gasteiger partial charge in [-0.3, -0.25) is 9.59 Å². The highest BCUT2D eigenvalue weighted by atomic mass is 32.1. The third-order valence-corrected chi connectivity index (χ3v) is 5.56. The standard InChI is InChI=1S/C22H24N2O3S/c1-16-8-2-3-9-17(16)14-23-20(25)15-27-22(26)13-7-6-12-21-24-18-10-4-5-11-19(18)28-21/h2-5,8-11H,6-7,12-15H2,1H3,(H,23,25). The first kappa shape index (κ1) is 20.0. The van der Waals surface area contributed by atoms with Crippen LogP contribution in [0.1, 0.15) is 35.4 Å². The number of aryl methyl sites for hydroxylation is 2. The Morgan fingerprint density at radius 1 is 1.07 bits per heavy atom. The van der Waals surface area contributed by atoms with E-state index in [1.165, 1.54) is 4.70 Å². The molecule has 0 fully saturated rings. The number of fused-ring (bicyclic) bond motifs is 1. The van der Waals surface area contributed by atoms with Crippen LogP contribution in [0.3, 0.4) is 0 Å². The molecule has 0 aliphatic heterocycles. The van der Waals surface area contributed by atoms with E-state index in [2.05, 4.69) is 16.4 Å². The number of ether oxygens (including phenoxy) is 1. The number of rotatable bonds is 9. The molecule has 1 heterocycles. The maximum absolute atomic E-state index is 11.8. The number of nitrogens with zero attached hydrogens (tertiary/aromatic N) is 1. The van der Waals surface area contributed by atoms with Crippen molar-refractivity contribution in [2.75, 3.05) is 6.61 Å². The zero-order chi connectivity index (χ0) is 19.8. The fourth-order valence-corrected chi connectivity index (χ4v) is 3.85. The van der Waals surface area contributed by atoms with Crippen molar-refractivity contribution in [3.05, 3.63) is 64.7 Å². The van der Waals surface area contributed by atoms with Crippen molar-refractivity contribution < 1.29 is 14.3 Å². The molecule has 5 nitrogen and oxygen atoms in total. The Kier molecular flexibility index (Phi) is 7.14. The van der Waals surface area contributed by atoms with Crippen molar-refractivity contribution in [1.29, 1.82) is 0 Å². The lowest BCUT2D eigenvalue weighted by Crippen LogP contribution is -2.28. The van der Waals surface area contributed by atoms with Gasteiger partial charge in [-0.05, 0) is 49.4 Å². The van der Waals surface area contributed by atoms with Crippen molar-refractivity contribution in [3.63, 3.8) is 0 Å². The number of unbranched alkanes of at least 4 members (excludes halogenated alkanes) is 1. The number of esters is 1. The second-order valence-corrected chi connectivity index (χ2v) is 7.76. The Hall–Kier alpha value is -2.73. The predicted octanol–water partition coefficient (Wildman–Crippen LogP) is 4.18. The van der Waals surface area contributed by atoms with Crippen LogP contribution < -0.4 is 5.32 Å². The fraction of sp³-hybridized carbons (Fsp3) is 0.318. The van der Waals surface area contributed by atoms with Gasteiger partial charge in [0, 0.05) is 13.0 Å². The van der Waals surface area contributed by atoms with Gasteiger partial charge in [0.1, 0.15) is 0 Å². The predicted molar refractivity (Wildman–Crippen MR) is 111 cm³/mol. The van der Waals surface area contributed by atoms with Gasteiger partial charge >= 0.3 is 5.97 Å². The van der Waals surface area contributed by atoms with Gasteiger partial charge in [0.2, 0.25) is 0 Å². The molecule has 2 aromatic carbocycles. The Morgan fingerprint density at radius 3 is 2.68 bits per heavy atom. The van der Waals surface area contributed by atoms with Crippen LogP contribution in [-0.2, 0) is 27.3 Å². The molecule has 0 spiro atoms. The van der Waals surface area contributed by atoms with Crippen LogP contribution in [-0.4, -0.2) is 23.5 Å². The molecule has 0 unspecified atom stereocenters. The Balaban J connectivity index is 1.30. The summed E-state index contributed by atoms with van der Waals surface area (Å²) < 4.78 is 6.25. The molecule has 1 aromatic heterocycles. The second kappa shape index (κ2) is 9.99. The van der Waals surface area contributed by atoms with E-state index in [0.29, 0.717) is 13.0 Å². The summed E-state index contributed by atoms with van der Waals surface area (Å²) in [5.41, 5.74) is 3.20. The first-order chi connectivity index (χ1) is 13.6. The van der Waals surface area contributed by atoms with Crippen LogP contribution in [0, 0.1) is 6.92 Å². The highest BCUT2D eigenvalue weighted by Gasteiger charge is 2.09. The van der Waals surface area contributed by atoms with E-state index in [0.717, 1.165) is 40.9 Å². The number of hydrogen-bond acceptors (Lipinski definition) is 5. The number of amides is 1.